The lowest BCUT2D eigenvalue weighted by Gasteiger charge is -2.37. The Bertz CT molecular complexity index is 692. The summed E-state index contributed by atoms with van der Waals surface area (Å²) < 4.78 is 10.7. The maximum atomic E-state index is 12.9. The highest BCUT2D eigenvalue weighted by molar-refractivity contribution is 6.22. The first kappa shape index (κ1) is 18.5. The number of hydrogen-bond donors (Lipinski definition) is 0. The minimum Gasteiger partial charge on any atom is -0.462 e. The van der Waals surface area contributed by atoms with E-state index in [4.69, 9.17) is 9.47 Å². The van der Waals surface area contributed by atoms with Crippen LogP contribution < -0.4 is 4.90 Å². The molecule has 0 spiro atoms. The molecule has 2 aliphatic heterocycles. The molecule has 2 amide bonds. The van der Waals surface area contributed by atoms with Crippen molar-refractivity contribution in [1.29, 1.82) is 0 Å². The molecule has 2 fully saturated rings. The molecule has 2 saturated heterocycles. The van der Waals surface area contributed by atoms with Crippen molar-refractivity contribution in [3.05, 3.63) is 29.8 Å². The van der Waals surface area contributed by atoms with Gasteiger partial charge in [-0.1, -0.05) is 0 Å². The van der Waals surface area contributed by atoms with Gasteiger partial charge in [-0.2, -0.15) is 0 Å². The summed E-state index contributed by atoms with van der Waals surface area (Å²) in [6.45, 7) is 7.22. The van der Waals surface area contributed by atoms with Crippen LogP contribution in [0.15, 0.2) is 24.3 Å². The van der Waals surface area contributed by atoms with Crippen molar-refractivity contribution < 1.29 is 23.9 Å². The third kappa shape index (κ3) is 3.64. The van der Waals surface area contributed by atoms with E-state index in [0.29, 0.717) is 30.9 Å². The van der Waals surface area contributed by atoms with Crippen LogP contribution in [0.2, 0.25) is 0 Å². The standard InChI is InChI=1S/C19H24N2O5/c1-4-25-19(24)14-5-7-15(8-6-14)21-17(22)9-16(18(21)23)20-10-12(2)26-13(3)11-20/h5-8,12-13,16H,4,9-11H2,1-3H3/t12-,13-,16-/m1/s1. The molecule has 0 N–H and O–H groups in total. The van der Waals surface area contributed by atoms with Crippen LogP contribution >= 0.6 is 0 Å². The summed E-state index contributed by atoms with van der Waals surface area (Å²) in [5.41, 5.74) is 0.868. The SMILES string of the molecule is CCOC(=O)c1ccc(N2C(=O)C[C@@H](N3C[C@@H](C)O[C@H](C)C3)C2=O)cc1. The van der Waals surface area contributed by atoms with E-state index in [2.05, 4.69) is 0 Å². The van der Waals surface area contributed by atoms with E-state index in [-0.39, 0.29) is 30.4 Å². The highest BCUT2D eigenvalue weighted by Crippen LogP contribution is 2.28. The van der Waals surface area contributed by atoms with Crippen LogP contribution in [0.3, 0.4) is 0 Å². The Morgan fingerprint density at radius 1 is 1.15 bits per heavy atom. The lowest BCUT2D eigenvalue weighted by atomic mass is 10.1. The molecular weight excluding hydrogens is 336 g/mol. The van der Waals surface area contributed by atoms with Crippen molar-refractivity contribution >= 4 is 23.5 Å². The molecule has 7 heteroatoms. The number of hydrogen-bond acceptors (Lipinski definition) is 6. The summed E-state index contributed by atoms with van der Waals surface area (Å²) in [4.78, 5) is 40.3. The molecule has 0 unspecified atom stereocenters. The number of ether oxygens (including phenoxy) is 2. The summed E-state index contributed by atoms with van der Waals surface area (Å²) in [5, 5.41) is 0. The molecule has 3 atom stereocenters. The molecule has 7 nitrogen and oxygen atoms in total. The van der Waals surface area contributed by atoms with E-state index in [1.165, 1.54) is 4.90 Å². The smallest absolute Gasteiger partial charge is 0.338 e. The summed E-state index contributed by atoms with van der Waals surface area (Å²) in [6.07, 6.45) is 0.219. The van der Waals surface area contributed by atoms with Crippen molar-refractivity contribution in [3.8, 4) is 0 Å². The Balaban J connectivity index is 1.76. The molecule has 2 heterocycles. The van der Waals surface area contributed by atoms with Gasteiger partial charge in [-0.15, -0.1) is 0 Å². The summed E-state index contributed by atoms with van der Waals surface area (Å²) >= 11 is 0. The lowest BCUT2D eigenvalue weighted by molar-refractivity contribution is -0.127. The van der Waals surface area contributed by atoms with Crippen LogP contribution in [-0.4, -0.2) is 60.6 Å². The number of morpholine rings is 1. The summed E-state index contributed by atoms with van der Waals surface area (Å²) in [7, 11) is 0. The molecular formula is C19H24N2O5. The molecule has 0 saturated carbocycles. The number of esters is 1. The maximum absolute atomic E-state index is 12.9. The van der Waals surface area contributed by atoms with Crippen LogP contribution in [-0.2, 0) is 19.1 Å². The summed E-state index contributed by atoms with van der Waals surface area (Å²) in [6, 6.07) is 5.89. The number of anilines is 1. The van der Waals surface area contributed by atoms with E-state index >= 15 is 0 Å². The molecule has 2 aliphatic rings. The van der Waals surface area contributed by atoms with Gasteiger partial charge in [-0.05, 0) is 45.0 Å². The van der Waals surface area contributed by atoms with Crippen molar-refractivity contribution in [3.63, 3.8) is 0 Å². The van der Waals surface area contributed by atoms with Gasteiger partial charge in [-0.25, -0.2) is 9.69 Å². The Morgan fingerprint density at radius 3 is 2.35 bits per heavy atom. The predicted octanol–water partition coefficient (Wildman–Crippen LogP) is 1.60. The number of carbonyl (C=O) groups excluding carboxylic acids is 3. The predicted molar refractivity (Wildman–Crippen MR) is 94.9 cm³/mol. The average molecular weight is 360 g/mol. The average Bonchev–Trinajstić information content (AvgIpc) is 2.89. The lowest BCUT2D eigenvalue weighted by Crippen LogP contribution is -2.52. The first-order chi connectivity index (χ1) is 12.4. The molecule has 3 rings (SSSR count). The zero-order valence-electron chi connectivity index (χ0n) is 15.3. The topological polar surface area (TPSA) is 76.2 Å². The van der Waals surface area contributed by atoms with E-state index in [1.54, 1.807) is 31.2 Å². The Kier molecular flexibility index (Phi) is 5.38. The van der Waals surface area contributed by atoms with Gasteiger partial charge in [0, 0.05) is 13.1 Å². The van der Waals surface area contributed by atoms with Crippen LogP contribution in [0.25, 0.3) is 0 Å². The minimum absolute atomic E-state index is 0.0274. The van der Waals surface area contributed by atoms with Gasteiger partial charge in [0.15, 0.2) is 0 Å². The summed E-state index contributed by atoms with van der Waals surface area (Å²) in [5.74, 6) is -0.872. The van der Waals surface area contributed by atoms with Crippen molar-refractivity contribution in [1.82, 2.24) is 4.90 Å². The molecule has 1 aromatic carbocycles. The third-order valence-corrected chi connectivity index (χ3v) is 4.65. The normalized spacial score (nSPS) is 27.0. The second-order valence-electron chi connectivity index (χ2n) is 6.77. The quantitative estimate of drug-likeness (QED) is 0.600. The van der Waals surface area contributed by atoms with Gasteiger partial charge >= 0.3 is 5.97 Å². The minimum atomic E-state index is -0.457. The van der Waals surface area contributed by atoms with Crippen molar-refractivity contribution in [2.45, 2.75) is 45.4 Å². The van der Waals surface area contributed by atoms with E-state index in [1.807, 2.05) is 18.7 Å². The van der Waals surface area contributed by atoms with Crippen LogP contribution in [0, 0.1) is 0 Å². The van der Waals surface area contributed by atoms with Gasteiger partial charge in [0.1, 0.15) is 0 Å². The molecule has 140 valence electrons. The first-order valence-electron chi connectivity index (χ1n) is 8.94. The van der Waals surface area contributed by atoms with Gasteiger partial charge in [0.25, 0.3) is 5.91 Å². The second kappa shape index (κ2) is 7.55. The zero-order valence-corrected chi connectivity index (χ0v) is 15.3. The Morgan fingerprint density at radius 2 is 1.77 bits per heavy atom. The van der Waals surface area contributed by atoms with E-state index in [0.717, 1.165) is 0 Å². The number of imide groups is 1. The molecule has 0 radical (unpaired) electrons. The molecule has 26 heavy (non-hydrogen) atoms. The number of nitrogens with zero attached hydrogens (tertiary/aromatic N) is 2. The Hall–Kier alpha value is -2.25. The largest absolute Gasteiger partial charge is 0.462 e. The number of carbonyl (C=O) groups is 3. The van der Waals surface area contributed by atoms with Gasteiger partial charge < -0.3 is 9.47 Å². The second-order valence-corrected chi connectivity index (χ2v) is 6.77. The third-order valence-electron chi connectivity index (χ3n) is 4.65. The van der Waals surface area contributed by atoms with Crippen molar-refractivity contribution in [2.24, 2.45) is 0 Å². The van der Waals surface area contributed by atoms with E-state index in [9.17, 15) is 14.4 Å². The molecule has 1 aromatic rings. The Labute approximate surface area is 152 Å². The number of rotatable bonds is 4. The van der Waals surface area contributed by atoms with Crippen molar-refractivity contribution in [2.75, 3.05) is 24.6 Å². The molecule has 0 aromatic heterocycles. The zero-order chi connectivity index (χ0) is 18.8. The van der Waals surface area contributed by atoms with Crippen LogP contribution in [0.1, 0.15) is 37.6 Å². The molecule has 0 bridgehead atoms. The van der Waals surface area contributed by atoms with E-state index < -0.39 is 12.0 Å². The molecule has 0 aliphatic carbocycles. The monoisotopic (exact) mass is 360 g/mol. The van der Waals surface area contributed by atoms with Crippen LogP contribution in [0.5, 0.6) is 0 Å². The van der Waals surface area contributed by atoms with Crippen LogP contribution in [0.4, 0.5) is 5.69 Å². The van der Waals surface area contributed by atoms with Gasteiger partial charge in [0.05, 0.1) is 42.5 Å². The number of benzene rings is 1. The fraction of sp³-hybridized carbons (Fsp3) is 0.526. The fourth-order valence-corrected chi connectivity index (χ4v) is 3.61. The maximum Gasteiger partial charge on any atom is 0.338 e. The van der Waals surface area contributed by atoms with Gasteiger partial charge in [0.2, 0.25) is 5.91 Å². The highest BCUT2D eigenvalue weighted by atomic mass is 16.5. The first-order valence-corrected chi connectivity index (χ1v) is 8.94. The number of amides is 2. The highest BCUT2D eigenvalue weighted by Gasteiger charge is 2.44. The fourth-order valence-electron chi connectivity index (χ4n) is 3.61. The van der Waals surface area contributed by atoms with Gasteiger partial charge in [-0.3, -0.25) is 14.5 Å².